The fourth-order valence-electron chi connectivity index (χ4n) is 3.30. The van der Waals surface area contributed by atoms with Crippen molar-refractivity contribution in [1.29, 1.82) is 0 Å². The van der Waals surface area contributed by atoms with Gasteiger partial charge in [0.25, 0.3) is 0 Å². The Bertz CT molecular complexity index is 721. The van der Waals surface area contributed by atoms with Crippen molar-refractivity contribution in [3.63, 3.8) is 0 Å². The highest BCUT2D eigenvalue weighted by atomic mass is 32.1. The second-order valence-corrected chi connectivity index (χ2v) is 6.49. The van der Waals surface area contributed by atoms with Crippen molar-refractivity contribution in [2.45, 2.75) is 25.4 Å². The highest BCUT2D eigenvalue weighted by Crippen LogP contribution is 2.38. The van der Waals surface area contributed by atoms with E-state index in [1.807, 2.05) is 30.3 Å². The molecule has 1 N–H and O–H groups in total. The minimum Gasteiger partial charge on any atom is -0.497 e. The molecule has 0 amide bonds. The van der Waals surface area contributed by atoms with Crippen LogP contribution in [0.5, 0.6) is 11.5 Å². The number of rotatable bonds is 5. The van der Waals surface area contributed by atoms with Gasteiger partial charge in [-0.15, -0.1) is 0 Å². The maximum absolute atomic E-state index is 5.67. The lowest BCUT2D eigenvalue weighted by Gasteiger charge is -2.29. The van der Waals surface area contributed by atoms with Crippen molar-refractivity contribution in [3.8, 4) is 11.5 Å². The second kappa shape index (κ2) is 8.21. The van der Waals surface area contributed by atoms with Crippen LogP contribution in [0.4, 0.5) is 0 Å². The number of thiocarbonyl (C=S) groups is 1. The molecule has 2 aromatic rings. The molecule has 1 saturated heterocycles. The van der Waals surface area contributed by atoms with Gasteiger partial charge in [-0.1, -0.05) is 30.3 Å². The first-order valence-electron chi connectivity index (χ1n) is 8.53. The SMILES string of the molecule is COc1ccc([C@H]2CCCN2C(=S)NCc2ccccc2)c(OC)c1. The molecule has 0 saturated carbocycles. The number of nitrogens with one attached hydrogen (secondary N) is 1. The molecule has 1 atom stereocenters. The molecule has 3 rings (SSSR count). The van der Waals surface area contributed by atoms with Crippen LogP contribution in [0.25, 0.3) is 0 Å². The summed E-state index contributed by atoms with van der Waals surface area (Å²) in [7, 11) is 3.36. The van der Waals surface area contributed by atoms with Crippen molar-refractivity contribution in [2.24, 2.45) is 0 Å². The minimum atomic E-state index is 0.233. The van der Waals surface area contributed by atoms with Gasteiger partial charge in [-0.25, -0.2) is 0 Å². The van der Waals surface area contributed by atoms with Crippen molar-refractivity contribution >= 4 is 17.3 Å². The molecule has 1 aliphatic rings. The van der Waals surface area contributed by atoms with E-state index >= 15 is 0 Å². The summed E-state index contributed by atoms with van der Waals surface area (Å²) in [5, 5.41) is 4.19. The molecule has 1 aliphatic heterocycles. The second-order valence-electron chi connectivity index (χ2n) is 6.10. The lowest BCUT2D eigenvalue weighted by Crippen LogP contribution is -2.39. The summed E-state index contributed by atoms with van der Waals surface area (Å²) in [4.78, 5) is 2.27. The van der Waals surface area contributed by atoms with Crippen LogP contribution in [0.15, 0.2) is 48.5 Å². The van der Waals surface area contributed by atoms with Gasteiger partial charge >= 0.3 is 0 Å². The van der Waals surface area contributed by atoms with E-state index in [0.717, 1.165) is 48.1 Å². The molecular weight excluding hydrogens is 332 g/mol. The number of benzene rings is 2. The lowest BCUT2D eigenvalue weighted by atomic mass is 10.0. The normalized spacial score (nSPS) is 16.6. The van der Waals surface area contributed by atoms with Gasteiger partial charge in [-0.05, 0) is 42.8 Å². The van der Waals surface area contributed by atoms with Crippen LogP contribution in [0, 0.1) is 0 Å². The standard InChI is InChI=1S/C20H24N2O2S/c1-23-16-10-11-17(19(13-16)24-2)18-9-6-12-22(18)20(25)21-14-15-7-4-3-5-8-15/h3-5,7-8,10-11,13,18H,6,9,12,14H2,1-2H3,(H,21,25)/t18-/m1/s1. The average Bonchev–Trinajstić information content (AvgIpc) is 3.16. The van der Waals surface area contributed by atoms with Gasteiger partial charge in [-0.3, -0.25) is 0 Å². The Morgan fingerprint density at radius 1 is 1.16 bits per heavy atom. The highest BCUT2D eigenvalue weighted by Gasteiger charge is 2.30. The summed E-state index contributed by atoms with van der Waals surface area (Å²) >= 11 is 5.67. The molecule has 0 aromatic heterocycles. The monoisotopic (exact) mass is 356 g/mol. The van der Waals surface area contributed by atoms with Crippen LogP contribution in [-0.2, 0) is 6.54 Å². The molecule has 0 unspecified atom stereocenters. The molecule has 0 aliphatic carbocycles. The molecule has 0 bridgehead atoms. The van der Waals surface area contributed by atoms with Crippen LogP contribution < -0.4 is 14.8 Å². The van der Waals surface area contributed by atoms with Crippen molar-refractivity contribution < 1.29 is 9.47 Å². The summed E-state index contributed by atoms with van der Waals surface area (Å²) in [5.41, 5.74) is 2.38. The zero-order valence-corrected chi connectivity index (χ0v) is 15.5. The smallest absolute Gasteiger partial charge is 0.169 e. The summed E-state index contributed by atoms with van der Waals surface area (Å²) in [6, 6.07) is 16.5. The van der Waals surface area contributed by atoms with Gasteiger partial charge in [-0.2, -0.15) is 0 Å². The van der Waals surface area contributed by atoms with Gasteiger partial charge in [0.05, 0.1) is 20.3 Å². The van der Waals surface area contributed by atoms with Crippen LogP contribution in [0.3, 0.4) is 0 Å². The van der Waals surface area contributed by atoms with E-state index in [4.69, 9.17) is 21.7 Å². The molecule has 0 radical (unpaired) electrons. The molecular formula is C20H24N2O2S. The first kappa shape index (κ1) is 17.5. The Balaban J connectivity index is 1.73. The van der Waals surface area contributed by atoms with Gasteiger partial charge in [0.1, 0.15) is 11.5 Å². The van der Waals surface area contributed by atoms with E-state index in [0.29, 0.717) is 0 Å². The van der Waals surface area contributed by atoms with E-state index in [1.165, 1.54) is 5.56 Å². The molecule has 0 spiro atoms. The van der Waals surface area contributed by atoms with E-state index < -0.39 is 0 Å². The van der Waals surface area contributed by atoms with Crippen molar-refractivity contribution in [2.75, 3.05) is 20.8 Å². The van der Waals surface area contributed by atoms with Gasteiger partial charge in [0.2, 0.25) is 0 Å². The predicted molar refractivity (Wildman–Crippen MR) is 104 cm³/mol. The molecule has 4 nitrogen and oxygen atoms in total. The van der Waals surface area contributed by atoms with E-state index in [1.54, 1.807) is 14.2 Å². The third-order valence-corrected chi connectivity index (χ3v) is 4.98. The fourth-order valence-corrected chi connectivity index (χ4v) is 3.59. The largest absolute Gasteiger partial charge is 0.497 e. The van der Waals surface area contributed by atoms with Crippen molar-refractivity contribution in [1.82, 2.24) is 10.2 Å². The third-order valence-electron chi connectivity index (χ3n) is 4.60. The molecule has 5 heteroatoms. The topological polar surface area (TPSA) is 33.7 Å². The molecule has 25 heavy (non-hydrogen) atoms. The maximum atomic E-state index is 5.67. The number of ether oxygens (including phenoxy) is 2. The Hall–Kier alpha value is -2.27. The van der Waals surface area contributed by atoms with Crippen LogP contribution in [0.2, 0.25) is 0 Å². The number of likely N-dealkylation sites (tertiary alicyclic amines) is 1. The third kappa shape index (κ3) is 4.04. The van der Waals surface area contributed by atoms with E-state index in [2.05, 4.69) is 28.4 Å². The van der Waals surface area contributed by atoms with Gasteiger partial charge in [0, 0.05) is 24.7 Å². The lowest BCUT2D eigenvalue weighted by molar-refractivity contribution is 0.357. The van der Waals surface area contributed by atoms with Crippen LogP contribution >= 0.6 is 12.2 Å². The number of hydrogen-bond acceptors (Lipinski definition) is 3. The van der Waals surface area contributed by atoms with Gasteiger partial charge in [0.15, 0.2) is 5.11 Å². The Labute approximate surface area is 154 Å². The Kier molecular flexibility index (Phi) is 5.76. The average molecular weight is 356 g/mol. The molecule has 132 valence electrons. The maximum Gasteiger partial charge on any atom is 0.169 e. The molecule has 2 aromatic carbocycles. The Morgan fingerprint density at radius 3 is 2.68 bits per heavy atom. The zero-order chi connectivity index (χ0) is 17.6. The van der Waals surface area contributed by atoms with Crippen LogP contribution in [-0.4, -0.2) is 30.8 Å². The summed E-state index contributed by atoms with van der Waals surface area (Å²) in [5.74, 6) is 1.65. The summed E-state index contributed by atoms with van der Waals surface area (Å²) < 4.78 is 10.9. The first-order chi connectivity index (χ1) is 12.2. The summed E-state index contributed by atoms with van der Waals surface area (Å²) in [6.45, 7) is 1.70. The molecule has 1 heterocycles. The van der Waals surface area contributed by atoms with Crippen molar-refractivity contribution in [3.05, 3.63) is 59.7 Å². The van der Waals surface area contributed by atoms with E-state index in [-0.39, 0.29) is 6.04 Å². The van der Waals surface area contributed by atoms with Gasteiger partial charge < -0.3 is 19.7 Å². The van der Waals surface area contributed by atoms with E-state index in [9.17, 15) is 0 Å². The first-order valence-corrected chi connectivity index (χ1v) is 8.94. The minimum absolute atomic E-state index is 0.233. The Morgan fingerprint density at radius 2 is 1.96 bits per heavy atom. The van der Waals surface area contributed by atoms with Crippen LogP contribution in [0.1, 0.15) is 30.0 Å². The fraction of sp³-hybridized carbons (Fsp3) is 0.350. The summed E-state index contributed by atoms with van der Waals surface area (Å²) in [6.07, 6.45) is 2.18. The highest BCUT2D eigenvalue weighted by molar-refractivity contribution is 7.80. The zero-order valence-electron chi connectivity index (χ0n) is 14.7. The number of nitrogens with zero attached hydrogens (tertiary/aromatic N) is 1. The number of hydrogen-bond donors (Lipinski definition) is 1. The number of methoxy groups -OCH3 is 2. The quantitative estimate of drug-likeness (QED) is 0.822. The predicted octanol–water partition coefficient (Wildman–Crippen LogP) is 3.92. The molecule has 1 fully saturated rings.